The standard InChI is InChI=1S/C32H34FN5O5/c1-3-42-30-22(16-38-18-35-36-19-38)15-28(37-29(30)20-4-9-24(33)10-5-20)32(40,23-7-8-23)17-34-31(39)21-6-13-26(27(14-21)41-2)43-25-11-12-25/h4-6,9-10,13-15,18-19,23,25,40H,3,7-8,11-12,16-17H2,1-2H3,(H,34,39)/t32-/m1/s1. The van der Waals surface area contributed by atoms with Gasteiger partial charge in [0.05, 0.1) is 38.6 Å². The molecule has 2 aromatic carbocycles. The van der Waals surface area contributed by atoms with Crippen LogP contribution >= 0.6 is 0 Å². The summed E-state index contributed by atoms with van der Waals surface area (Å²) in [5.41, 5.74) is 1.18. The van der Waals surface area contributed by atoms with E-state index >= 15 is 0 Å². The van der Waals surface area contributed by atoms with Crippen molar-refractivity contribution in [3.05, 3.63) is 83.8 Å². The molecule has 2 N–H and O–H groups in total. The molecule has 4 aromatic rings. The smallest absolute Gasteiger partial charge is 0.251 e. The third-order valence-electron chi connectivity index (χ3n) is 7.73. The van der Waals surface area contributed by atoms with Gasteiger partial charge in [-0.15, -0.1) is 10.2 Å². The van der Waals surface area contributed by atoms with Gasteiger partial charge in [0.2, 0.25) is 0 Å². The summed E-state index contributed by atoms with van der Waals surface area (Å²) in [6, 6.07) is 12.9. The summed E-state index contributed by atoms with van der Waals surface area (Å²) < 4.78 is 33.1. The Morgan fingerprint density at radius 3 is 2.47 bits per heavy atom. The summed E-state index contributed by atoms with van der Waals surface area (Å²) in [7, 11) is 1.54. The highest BCUT2D eigenvalue weighted by Gasteiger charge is 2.47. The number of pyridine rings is 1. The molecule has 2 aliphatic carbocycles. The Balaban J connectivity index is 1.34. The molecule has 224 valence electrons. The quantitative estimate of drug-likeness (QED) is 0.235. The van der Waals surface area contributed by atoms with Crippen LogP contribution in [0.5, 0.6) is 17.2 Å². The van der Waals surface area contributed by atoms with E-state index in [9.17, 15) is 14.3 Å². The zero-order chi connectivity index (χ0) is 30.0. The van der Waals surface area contributed by atoms with Gasteiger partial charge in [-0.2, -0.15) is 0 Å². The minimum Gasteiger partial charge on any atom is -0.493 e. The Labute approximate surface area is 248 Å². The number of hydrogen-bond donors (Lipinski definition) is 2. The molecule has 0 spiro atoms. The molecule has 0 aliphatic heterocycles. The zero-order valence-electron chi connectivity index (χ0n) is 24.1. The second-order valence-electron chi connectivity index (χ2n) is 11.0. The molecular formula is C32H34FN5O5. The molecule has 43 heavy (non-hydrogen) atoms. The fraction of sp³-hybridized carbons (Fsp3) is 0.375. The van der Waals surface area contributed by atoms with Crippen LogP contribution in [0.2, 0.25) is 0 Å². The molecule has 10 nitrogen and oxygen atoms in total. The number of hydrogen-bond acceptors (Lipinski definition) is 8. The first-order valence-corrected chi connectivity index (χ1v) is 14.5. The van der Waals surface area contributed by atoms with Crippen LogP contribution in [-0.2, 0) is 12.1 Å². The van der Waals surface area contributed by atoms with E-state index in [2.05, 4.69) is 15.5 Å². The maximum atomic E-state index is 13.8. The largest absolute Gasteiger partial charge is 0.493 e. The van der Waals surface area contributed by atoms with Crippen LogP contribution in [0, 0.1) is 11.7 Å². The van der Waals surface area contributed by atoms with Crippen molar-refractivity contribution in [1.82, 2.24) is 25.1 Å². The average Bonchev–Trinajstić information content (AvgIpc) is 3.96. The molecule has 0 unspecified atom stereocenters. The van der Waals surface area contributed by atoms with E-state index in [1.165, 1.54) is 19.2 Å². The monoisotopic (exact) mass is 587 g/mol. The number of aliphatic hydroxyl groups is 1. The van der Waals surface area contributed by atoms with Gasteiger partial charge in [0.25, 0.3) is 5.91 Å². The fourth-order valence-electron chi connectivity index (χ4n) is 5.13. The van der Waals surface area contributed by atoms with Gasteiger partial charge >= 0.3 is 0 Å². The van der Waals surface area contributed by atoms with Crippen molar-refractivity contribution in [3.8, 4) is 28.5 Å². The number of amides is 1. The lowest BCUT2D eigenvalue weighted by atomic mass is 9.90. The highest BCUT2D eigenvalue weighted by Crippen LogP contribution is 2.47. The Bertz CT molecular complexity index is 1590. The highest BCUT2D eigenvalue weighted by molar-refractivity contribution is 5.95. The molecule has 6 rings (SSSR count). The minimum atomic E-state index is -1.46. The number of halogens is 1. The summed E-state index contributed by atoms with van der Waals surface area (Å²) in [5.74, 6) is 0.768. The summed E-state index contributed by atoms with van der Waals surface area (Å²) >= 11 is 0. The number of rotatable bonds is 13. The van der Waals surface area contributed by atoms with E-state index in [1.54, 1.807) is 47.6 Å². The fourth-order valence-corrected chi connectivity index (χ4v) is 5.13. The first-order valence-electron chi connectivity index (χ1n) is 14.5. The molecule has 1 atom stereocenters. The number of methoxy groups -OCH3 is 1. The third kappa shape index (κ3) is 6.31. The summed E-state index contributed by atoms with van der Waals surface area (Å²) in [4.78, 5) is 18.2. The van der Waals surface area contributed by atoms with Crippen LogP contribution in [0.25, 0.3) is 11.3 Å². The maximum absolute atomic E-state index is 13.8. The Kier molecular flexibility index (Phi) is 7.98. The van der Waals surface area contributed by atoms with Gasteiger partial charge < -0.3 is 29.2 Å². The first kappa shape index (κ1) is 28.6. The Morgan fingerprint density at radius 1 is 1.07 bits per heavy atom. The van der Waals surface area contributed by atoms with Crippen molar-refractivity contribution < 1.29 is 28.5 Å². The normalized spacial score (nSPS) is 15.9. The summed E-state index contributed by atoms with van der Waals surface area (Å²) in [5, 5.41) is 22.9. The van der Waals surface area contributed by atoms with Crippen molar-refractivity contribution in [2.24, 2.45) is 5.92 Å². The number of nitrogens with one attached hydrogen (secondary N) is 1. The van der Waals surface area contributed by atoms with Crippen LogP contribution in [0.1, 0.15) is 54.2 Å². The van der Waals surface area contributed by atoms with E-state index in [1.807, 2.05) is 13.0 Å². The molecule has 2 fully saturated rings. The predicted octanol–water partition coefficient (Wildman–Crippen LogP) is 4.50. The molecule has 2 aromatic heterocycles. The molecule has 0 saturated heterocycles. The van der Waals surface area contributed by atoms with Crippen LogP contribution in [0.3, 0.4) is 0 Å². The lowest BCUT2D eigenvalue weighted by Gasteiger charge is -2.30. The van der Waals surface area contributed by atoms with Crippen molar-refractivity contribution in [1.29, 1.82) is 0 Å². The predicted molar refractivity (Wildman–Crippen MR) is 156 cm³/mol. The number of carbonyl (C=O) groups is 1. The molecule has 11 heteroatoms. The Morgan fingerprint density at radius 2 is 1.81 bits per heavy atom. The van der Waals surface area contributed by atoms with Crippen molar-refractivity contribution >= 4 is 5.91 Å². The lowest BCUT2D eigenvalue weighted by Crippen LogP contribution is -2.43. The van der Waals surface area contributed by atoms with Crippen LogP contribution < -0.4 is 19.5 Å². The lowest BCUT2D eigenvalue weighted by molar-refractivity contribution is 0.00943. The highest BCUT2D eigenvalue weighted by atomic mass is 19.1. The molecule has 2 heterocycles. The SMILES string of the molecule is CCOc1c(Cn2cnnc2)cc([C@@](O)(CNC(=O)c2ccc(OC3CC3)c(OC)c2)C2CC2)nc1-c1ccc(F)cc1. The van der Waals surface area contributed by atoms with E-state index < -0.39 is 5.60 Å². The van der Waals surface area contributed by atoms with Gasteiger partial charge in [-0.3, -0.25) is 4.79 Å². The molecule has 0 bridgehead atoms. The molecule has 2 saturated carbocycles. The summed E-state index contributed by atoms with van der Waals surface area (Å²) in [6.45, 7) is 2.55. The van der Waals surface area contributed by atoms with Gasteiger partial charge in [0.1, 0.15) is 29.8 Å². The van der Waals surface area contributed by atoms with Gasteiger partial charge in [-0.25, -0.2) is 9.37 Å². The van der Waals surface area contributed by atoms with Crippen LogP contribution in [0.15, 0.2) is 61.2 Å². The number of carbonyl (C=O) groups excluding carboxylic acids is 1. The number of aromatic nitrogens is 4. The third-order valence-corrected chi connectivity index (χ3v) is 7.73. The first-order chi connectivity index (χ1) is 20.9. The zero-order valence-corrected chi connectivity index (χ0v) is 24.1. The number of ether oxygens (including phenoxy) is 3. The van der Waals surface area contributed by atoms with Crippen LogP contribution in [0.4, 0.5) is 4.39 Å². The maximum Gasteiger partial charge on any atom is 0.251 e. The summed E-state index contributed by atoms with van der Waals surface area (Å²) in [6.07, 6.45) is 6.97. The van der Waals surface area contributed by atoms with Crippen LogP contribution in [-0.4, -0.2) is 57.1 Å². The van der Waals surface area contributed by atoms with Gasteiger partial charge in [-0.05, 0) is 87.1 Å². The van der Waals surface area contributed by atoms with E-state index in [0.717, 1.165) is 31.2 Å². The van der Waals surface area contributed by atoms with Crippen molar-refractivity contribution in [3.63, 3.8) is 0 Å². The van der Waals surface area contributed by atoms with E-state index in [0.29, 0.717) is 52.9 Å². The number of benzene rings is 2. The topological polar surface area (TPSA) is 121 Å². The number of nitrogens with zero attached hydrogens (tertiary/aromatic N) is 4. The van der Waals surface area contributed by atoms with Crippen molar-refractivity contribution in [2.75, 3.05) is 20.3 Å². The molecule has 2 aliphatic rings. The van der Waals surface area contributed by atoms with Gasteiger partial charge in [-0.1, -0.05) is 0 Å². The molecule has 1 amide bonds. The second kappa shape index (κ2) is 12.0. The average molecular weight is 588 g/mol. The minimum absolute atomic E-state index is 0.0605. The molecular weight excluding hydrogens is 553 g/mol. The van der Waals surface area contributed by atoms with Gasteiger partial charge in [0, 0.05) is 16.7 Å². The Hall–Kier alpha value is -4.51. The van der Waals surface area contributed by atoms with Crippen molar-refractivity contribution in [2.45, 2.75) is 50.9 Å². The van der Waals surface area contributed by atoms with E-state index in [4.69, 9.17) is 19.2 Å². The van der Waals surface area contributed by atoms with Gasteiger partial charge in [0.15, 0.2) is 17.2 Å². The van der Waals surface area contributed by atoms with E-state index in [-0.39, 0.29) is 30.3 Å². The molecule has 0 radical (unpaired) electrons. The second-order valence-corrected chi connectivity index (χ2v) is 11.0.